The van der Waals surface area contributed by atoms with Crippen LogP contribution in [0.25, 0.3) is 0 Å². The first-order valence-electron chi connectivity index (χ1n) is 13.9. The van der Waals surface area contributed by atoms with Gasteiger partial charge in [0.05, 0.1) is 11.6 Å². The highest BCUT2D eigenvalue weighted by molar-refractivity contribution is 5.79. The Morgan fingerprint density at radius 2 is 1.21 bits per heavy atom. The molecule has 34 heavy (non-hydrogen) atoms. The van der Waals surface area contributed by atoms with Crippen LogP contribution in [0.4, 0.5) is 5.69 Å². The van der Waals surface area contributed by atoms with Gasteiger partial charge in [0.1, 0.15) is 0 Å². The minimum atomic E-state index is -0.740. The van der Waals surface area contributed by atoms with Crippen LogP contribution in [0, 0.1) is 5.92 Å². The fraction of sp³-hybridized carbons (Fsp3) is 0.724. The number of carbonyl (C=O) groups is 1. The van der Waals surface area contributed by atoms with E-state index in [4.69, 9.17) is 11.5 Å². The van der Waals surface area contributed by atoms with Gasteiger partial charge in [-0.15, -0.1) is 0 Å². The van der Waals surface area contributed by atoms with E-state index in [9.17, 15) is 9.90 Å². The standard InChI is InChI=1S/C29H51N3O2/c1-2-3-4-5-6-7-8-9-10-11-12-13-14-15-16-17-18-22-26(28(33)34)24-25-21-19-20-23-27(25)32-29(30)31/h19-21,23,26H,2-18,22,24H2,1H3,(H,33,34)(H4,30,31,32). The molecule has 0 fully saturated rings. The fourth-order valence-corrected chi connectivity index (χ4v) is 4.63. The molecule has 0 aliphatic heterocycles. The predicted octanol–water partition coefficient (Wildman–Crippen LogP) is 7.88. The first-order valence-corrected chi connectivity index (χ1v) is 13.9. The largest absolute Gasteiger partial charge is 0.481 e. The van der Waals surface area contributed by atoms with E-state index >= 15 is 0 Å². The summed E-state index contributed by atoms with van der Waals surface area (Å²) in [6.07, 6.45) is 23.8. The Bertz CT molecular complexity index is 671. The lowest BCUT2D eigenvalue weighted by Gasteiger charge is -2.14. The molecule has 0 amide bonds. The molecule has 1 atom stereocenters. The monoisotopic (exact) mass is 473 g/mol. The maximum absolute atomic E-state index is 11.8. The minimum absolute atomic E-state index is 0.00695. The molecule has 5 heteroatoms. The van der Waals surface area contributed by atoms with Crippen molar-refractivity contribution >= 4 is 17.6 Å². The van der Waals surface area contributed by atoms with Crippen LogP contribution in [-0.2, 0) is 11.2 Å². The van der Waals surface area contributed by atoms with Gasteiger partial charge >= 0.3 is 5.97 Å². The Morgan fingerprint density at radius 1 is 0.765 bits per heavy atom. The van der Waals surface area contributed by atoms with Crippen LogP contribution in [0.2, 0.25) is 0 Å². The molecule has 0 saturated heterocycles. The smallest absolute Gasteiger partial charge is 0.306 e. The van der Waals surface area contributed by atoms with Crippen molar-refractivity contribution < 1.29 is 9.90 Å². The van der Waals surface area contributed by atoms with E-state index in [1.807, 2.05) is 24.3 Å². The van der Waals surface area contributed by atoms with E-state index in [0.717, 1.165) is 18.4 Å². The molecule has 0 aliphatic carbocycles. The first kappa shape index (κ1) is 30.0. The Labute approximate surface area is 208 Å². The molecule has 1 unspecified atom stereocenters. The second kappa shape index (κ2) is 20.3. The number of carboxylic acid groups (broad SMARTS) is 1. The second-order valence-corrected chi connectivity index (χ2v) is 9.85. The Balaban J connectivity index is 2.04. The average Bonchev–Trinajstić information content (AvgIpc) is 2.81. The van der Waals surface area contributed by atoms with E-state index in [1.165, 1.54) is 96.3 Å². The number of benzene rings is 1. The number of nitrogens with two attached hydrogens (primary N) is 2. The van der Waals surface area contributed by atoms with Gasteiger partial charge in [0.15, 0.2) is 5.96 Å². The van der Waals surface area contributed by atoms with E-state index in [2.05, 4.69) is 11.9 Å². The molecule has 0 aliphatic rings. The highest BCUT2D eigenvalue weighted by atomic mass is 16.4. The normalized spacial score (nSPS) is 11.9. The molecule has 5 N–H and O–H groups in total. The van der Waals surface area contributed by atoms with Gasteiger partial charge < -0.3 is 16.6 Å². The third-order valence-corrected chi connectivity index (χ3v) is 6.71. The van der Waals surface area contributed by atoms with Crippen molar-refractivity contribution in [3.05, 3.63) is 29.8 Å². The number of aliphatic imine (C=N–C) groups is 1. The molecule has 0 radical (unpaired) electrons. The maximum atomic E-state index is 11.8. The molecule has 0 aromatic heterocycles. The number of carboxylic acids is 1. The van der Waals surface area contributed by atoms with Gasteiger partial charge in [0, 0.05) is 0 Å². The summed E-state index contributed by atoms with van der Waals surface area (Å²) in [7, 11) is 0. The topological polar surface area (TPSA) is 102 Å². The molecular formula is C29H51N3O2. The van der Waals surface area contributed by atoms with E-state index in [1.54, 1.807) is 0 Å². The molecular weight excluding hydrogens is 422 g/mol. The summed E-state index contributed by atoms with van der Waals surface area (Å²) in [5.41, 5.74) is 12.6. The lowest BCUT2D eigenvalue weighted by molar-refractivity contribution is -0.142. The molecule has 194 valence electrons. The number of nitrogens with zero attached hydrogens (tertiary/aromatic N) is 1. The van der Waals surface area contributed by atoms with Crippen molar-refractivity contribution in [2.24, 2.45) is 22.4 Å². The summed E-state index contributed by atoms with van der Waals surface area (Å²) >= 11 is 0. The van der Waals surface area contributed by atoms with Crippen molar-refractivity contribution in [2.75, 3.05) is 0 Å². The number of unbranched alkanes of at least 4 members (excludes halogenated alkanes) is 16. The Kier molecular flexibility index (Phi) is 17.9. The van der Waals surface area contributed by atoms with Crippen molar-refractivity contribution in [1.29, 1.82) is 0 Å². The Hall–Kier alpha value is -2.04. The van der Waals surface area contributed by atoms with Crippen LogP contribution in [-0.4, -0.2) is 17.0 Å². The molecule has 1 aromatic carbocycles. The SMILES string of the molecule is CCCCCCCCCCCCCCCCCCCC(Cc1ccccc1N=C(N)N)C(=O)O. The number of rotatable bonds is 22. The number of hydrogen-bond donors (Lipinski definition) is 3. The van der Waals surface area contributed by atoms with Crippen LogP contribution >= 0.6 is 0 Å². The van der Waals surface area contributed by atoms with Crippen molar-refractivity contribution in [3.8, 4) is 0 Å². The zero-order valence-corrected chi connectivity index (χ0v) is 21.8. The summed E-state index contributed by atoms with van der Waals surface area (Å²) in [4.78, 5) is 15.9. The highest BCUT2D eigenvalue weighted by Crippen LogP contribution is 2.25. The van der Waals surface area contributed by atoms with Crippen LogP contribution in [0.3, 0.4) is 0 Å². The van der Waals surface area contributed by atoms with Crippen LogP contribution < -0.4 is 11.5 Å². The lowest BCUT2D eigenvalue weighted by atomic mass is 9.92. The van der Waals surface area contributed by atoms with E-state index in [-0.39, 0.29) is 5.96 Å². The minimum Gasteiger partial charge on any atom is -0.481 e. The summed E-state index contributed by atoms with van der Waals surface area (Å²) < 4.78 is 0. The van der Waals surface area contributed by atoms with Gasteiger partial charge in [-0.2, -0.15) is 0 Å². The lowest BCUT2D eigenvalue weighted by Crippen LogP contribution is -2.22. The van der Waals surface area contributed by atoms with Crippen LogP contribution in [0.15, 0.2) is 29.3 Å². The van der Waals surface area contributed by atoms with E-state index < -0.39 is 11.9 Å². The van der Waals surface area contributed by atoms with Gasteiger partial charge in [-0.25, -0.2) is 4.99 Å². The zero-order valence-electron chi connectivity index (χ0n) is 21.8. The van der Waals surface area contributed by atoms with Crippen molar-refractivity contribution in [1.82, 2.24) is 0 Å². The number of hydrogen-bond acceptors (Lipinski definition) is 2. The predicted molar refractivity (Wildman–Crippen MR) is 146 cm³/mol. The third-order valence-electron chi connectivity index (χ3n) is 6.71. The summed E-state index contributed by atoms with van der Waals surface area (Å²) in [5, 5.41) is 9.66. The maximum Gasteiger partial charge on any atom is 0.306 e. The fourth-order valence-electron chi connectivity index (χ4n) is 4.63. The quantitative estimate of drug-likeness (QED) is 0.0905. The number of para-hydroxylation sites is 1. The van der Waals surface area contributed by atoms with Gasteiger partial charge in [-0.1, -0.05) is 134 Å². The van der Waals surface area contributed by atoms with Gasteiger partial charge in [-0.05, 0) is 24.5 Å². The van der Waals surface area contributed by atoms with E-state index in [0.29, 0.717) is 18.5 Å². The van der Waals surface area contributed by atoms with Crippen molar-refractivity contribution in [3.63, 3.8) is 0 Å². The molecule has 0 saturated carbocycles. The number of guanidine groups is 1. The van der Waals surface area contributed by atoms with Gasteiger partial charge in [0.2, 0.25) is 0 Å². The van der Waals surface area contributed by atoms with Crippen molar-refractivity contribution in [2.45, 2.75) is 129 Å². The molecule has 0 bridgehead atoms. The summed E-state index contributed by atoms with van der Waals surface area (Å²) in [6.45, 7) is 2.28. The molecule has 0 spiro atoms. The molecule has 0 heterocycles. The summed E-state index contributed by atoms with van der Waals surface area (Å²) in [6, 6.07) is 7.49. The molecule has 5 nitrogen and oxygen atoms in total. The van der Waals surface area contributed by atoms with Gasteiger partial charge in [-0.3, -0.25) is 4.79 Å². The Morgan fingerprint density at radius 3 is 1.65 bits per heavy atom. The van der Waals surface area contributed by atoms with Gasteiger partial charge in [0.25, 0.3) is 0 Å². The highest BCUT2D eigenvalue weighted by Gasteiger charge is 2.19. The second-order valence-electron chi connectivity index (χ2n) is 9.85. The zero-order chi connectivity index (χ0) is 24.9. The average molecular weight is 474 g/mol. The molecule has 1 rings (SSSR count). The first-order chi connectivity index (χ1) is 16.5. The number of aliphatic carboxylic acids is 1. The van der Waals surface area contributed by atoms with Crippen LogP contribution in [0.1, 0.15) is 128 Å². The van der Waals surface area contributed by atoms with Crippen LogP contribution in [0.5, 0.6) is 0 Å². The third kappa shape index (κ3) is 15.7. The molecule has 1 aromatic rings. The summed E-state index contributed by atoms with van der Waals surface area (Å²) in [5.74, 6) is -1.14.